The van der Waals surface area contributed by atoms with Gasteiger partial charge in [-0.3, -0.25) is 4.98 Å². The van der Waals surface area contributed by atoms with Gasteiger partial charge in [0.1, 0.15) is 17.9 Å². The summed E-state index contributed by atoms with van der Waals surface area (Å²) in [6.45, 7) is 1.73. The van der Waals surface area contributed by atoms with Crippen molar-refractivity contribution in [2.75, 3.05) is 36.0 Å². The van der Waals surface area contributed by atoms with Gasteiger partial charge in [-0.1, -0.05) is 7.43 Å². The molecule has 0 amide bonds. The smallest absolute Gasteiger partial charge is 0.369 e. The molecule has 178 valence electrons. The van der Waals surface area contributed by atoms with E-state index in [0.29, 0.717) is 49.1 Å². The fourth-order valence-corrected chi connectivity index (χ4v) is 4.71. The number of anilines is 2. The lowest BCUT2D eigenvalue weighted by molar-refractivity contribution is -0.137. The SMILES string of the molecule is C.FC(F)Cn1ncc2ncc(N3CC4CCN(c5cnccc5C(F)(F)F)CC4C3)nc21. The van der Waals surface area contributed by atoms with Crippen LogP contribution >= 0.6 is 0 Å². The maximum Gasteiger partial charge on any atom is 0.418 e. The highest BCUT2D eigenvalue weighted by Gasteiger charge is 2.41. The molecule has 5 rings (SSSR count). The number of nitrogens with zero attached hydrogens (tertiary/aromatic N) is 7. The maximum absolute atomic E-state index is 13.4. The van der Waals surface area contributed by atoms with Crippen molar-refractivity contribution in [1.82, 2.24) is 24.7 Å². The monoisotopic (exact) mass is 469 g/mol. The molecule has 5 heterocycles. The summed E-state index contributed by atoms with van der Waals surface area (Å²) < 4.78 is 67.1. The first-order chi connectivity index (χ1) is 15.3. The number of hydrogen-bond donors (Lipinski definition) is 0. The zero-order valence-corrected chi connectivity index (χ0v) is 16.9. The molecule has 2 unspecified atom stereocenters. The first-order valence-electron chi connectivity index (χ1n) is 10.3. The molecule has 0 aliphatic carbocycles. The van der Waals surface area contributed by atoms with Gasteiger partial charge in [0.2, 0.25) is 0 Å². The summed E-state index contributed by atoms with van der Waals surface area (Å²) in [4.78, 5) is 16.5. The van der Waals surface area contributed by atoms with Crippen molar-refractivity contribution >= 4 is 22.7 Å². The predicted octanol–water partition coefficient (Wildman–Crippen LogP) is 4.10. The Morgan fingerprint density at radius 2 is 1.79 bits per heavy atom. The molecule has 2 fully saturated rings. The van der Waals surface area contributed by atoms with Crippen molar-refractivity contribution in [1.29, 1.82) is 0 Å². The minimum atomic E-state index is -4.44. The number of piperidine rings is 1. The average Bonchev–Trinajstić information content (AvgIpc) is 3.36. The number of halogens is 5. The minimum absolute atomic E-state index is 0. The second kappa shape index (κ2) is 8.71. The van der Waals surface area contributed by atoms with E-state index >= 15 is 0 Å². The molecule has 0 saturated carbocycles. The molecule has 2 aliphatic rings. The summed E-state index contributed by atoms with van der Waals surface area (Å²) >= 11 is 0. The average molecular weight is 469 g/mol. The number of fused-ring (bicyclic) bond motifs is 2. The van der Waals surface area contributed by atoms with Gasteiger partial charge in [0.15, 0.2) is 5.65 Å². The first-order valence-corrected chi connectivity index (χ1v) is 10.3. The molecule has 3 aromatic rings. The predicted molar refractivity (Wildman–Crippen MR) is 113 cm³/mol. The minimum Gasteiger partial charge on any atom is -0.369 e. The van der Waals surface area contributed by atoms with Crippen molar-refractivity contribution in [3.05, 3.63) is 36.4 Å². The highest BCUT2D eigenvalue weighted by Crippen LogP contribution is 2.40. The normalized spacial score (nSPS) is 20.9. The Kier molecular flexibility index (Phi) is 6.10. The fraction of sp³-hybridized carbons (Fsp3) is 0.524. The molecule has 12 heteroatoms. The molecule has 0 bridgehead atoms. The second-order valence-electron chi connectivity index (χ2n) is 8.21. The van der Waals surface area contributed by atoms with E-state index in [-0.39, 0.29) is 19.0 Å². The number of aromatic nitrogens is 5. The van der Waals surface area contributed by atoms with E-state index in [9.17, 15) is 22.0 Å². The van der Waals surface area contributed by atoms with Gasteiger partial charge < -0.3 is 9.80 Å². The molecular formula is C21H24F5N7. The van der Waals surface area contributed by atoms with Crippen LogP contribution in [0.4, 0.5) is 33.5 Å². The maximum atomic E-state index is 13.4. The Bertz CT molecular complexity index is 1120. The Hall–Kier alpha value is -3.05. The first kappa shape index (κ1) is 23.1. The van der Waals surface area contributed by atoms with Crippen molar-refractivity contribution in [2.24, 2.45) is 11.8 Å². The summed E-state index contributed by atoms with van der Waals surface area (Å²) in [6, 6.07) is 1.01. The van der Waals surface area contributed by atoms with Crippen LogP contribution in [0.2, 0.25) is 0 Å². The Balaban J connectivity index is 0.00000259. The number of hydrogen-bond acceptors (Lipinski definition) is 6. The molecule has 33 heavy (non-hydrogen) atoms. The lowest BCUT2D eigenvalue weighted by Crippen LogP contribution is -2.41. The van der Waals surface area contributed by atoms with Crippen LogP contribution < -0.4 is 9.80 Å². The van der Waals surface area contributed by atoms with Crippen molar-refractivity contribution < 1.29 is 22.0 Å². The van der Waals surface area contributed by atoms with Gasteiger partial charge in [-0.25, -0.2) is 23.4 Å². The Labute approximate surface area is 187 Å². The van der Waals surface area contributed by atoms with E-state index in [1.54, 1.807) is 11.1 Å². The summed E-state index contributed by atoms with van der Waals surface area (Å²) in [6.07, 6.45) is -0.825. The van der Waals surface area contributed by atoms with Gasteiger partial charge in [0.25, 0.3) is 6.43 Å². The standard InChI is InChI=1S/C20H20F5N7.CH4/c21-17(22)11-32-19-15(5-28-32)27-7-18(29-19)31-8-12-2-4-30(9-13(12)10-31)16-6-26-3-1-14(16)20(23,24)25;/h1,3,5-7,12-13,17H,2,4,8-11H2;1H4. The van der Waals surface area contributed by atoms with Crippen LogP contribution in [0.3, 0.4) is 0 Å². The van der Waals surface area contributed by atoms with E-state index in [1.807, 2.05) is 4.90 Å². The third-order valence-electron chi connectivity index (χ3n) is 6.21. The molecule has 2 atom stereocenters. The lowest BCUT2D eigenvalue weighted by atomic mass is 9.88. The summed E-state index contributed by atoms with van der Waals surface area (Å²) in [5, 5.41) is 3.94. The molecule has 7 nitrogen and oxygen atoms in total. The van der Waals surface area contributed by atoms with E-state index in [2.05, 4.69) is 20.1 Å². The van der Waals surface area contributed by atoms with Gasteiger partial charge in [-0.05, 0) is 24.3 Å². The van der Waals surface area contributed by atoms with Crippen LogP contribution in [0.15, 0.2) is 30.9 Å². The third-order valence-corrected chi connectivity index (χ3v) is 6.21. The highest BCUT2D eigenvalue weighted by atomic mass is 19.4. The third kappa shape index (κ3) is 4.42. The Morgan fingerprint density at radius 1 is 1.03 bits per heavy atom. The van der Waals surface area contributed by atoms with Gasteiger partial charge in [-0.2, -0.15) is 18.3 Å². The van der Waals surface area contributed by atoms with Crippen LogP contribution in [-0.4, -0.2) is 57.3 Å². The number of alkyl halides is 5. The highest BCUT2D eigenvalue weighted by molar-refractivity contribution is 5.71. The van der Waals surface area contributed by atoms with Crippen LogP contribution in [-0.2, 0) is 12.7 Å². The molecule has 0 spiro atoms. The van der Waals surface area contributed by atoms with Crippen molar-refractivity contribution in [3.63, 3.8) is 0 Å². The van der Waals surface area contributed by atoms with Gasteiger partial charge >= 0.3 is 6.18 Å². The molecule has 3 aromatic heterocycles. The Morgan fingerprint density at radius 3 is 2.55 bits per heavy atom. The van der Waals surface area contributed by atoms with E-state index in [4.69, 9.17) is 0 Å². The van der Waals surface area contributed by atoms with Crippen LogP contribution in [0.1, 0.15) is 19.4 Å². The van der Waals surface area contributed by atoms with Crippen LogP contribution in [0.5, 0.6) is 0 Å². The number of rotatable bonds is 4. The second-order valence-corrected chi connectivity index (χ2v) is 8.21. The van der Waals surface area contributed by atoms with Crippen molar-refractivity contribution in [3.8, 4) is 0 Å². The fourth-order valence-electron chi connectivity index (χ4n) is 4.71. The summed E-state index contributed by atoms with van der Waals surface area (Å²) in [7, 11) is 0. The molecule has 0 radical (unpaired) electrons. The van der Waals surface area contributed by atoms with Crippen molar-refractivity contribution in [2.45, 2.75) is 33.0 Å². The molecule has 2 aliphatic heterocycles. The topological polar surface area (TPSA) is 63.0 Å². The number of pyridine rings is 1. The van der Waals surface area contributed by atoms with E-state index < -0.39 is 24.7 Å². The van der Waals surface area contributed by atoms with E-state index in [0.717, 1.165) is 23.4 Å². The summed E-state index contributed by atoms with van der Waals surface area (Å²) in [5.74, 6) is 1.01. The zero-order chi connectivity index (χ0) is 22.5. The zero-order valence-electron chi connectivity index (χ0n) is 16.9. The molecular weight excluding hydrogens is 445 g/mol. The van der Waals surface area contributed by atoms with Gasteiger partial charge in [0, 0.05) is 32.4 Å². The largest absolute Gasteiger partial charge is 0.418 e. The quantitative estimate of drug-likeness (QED) is 0.536. The molecule has 0 aromatic carbocycles. The molecule has 2 saturated heterocycles. The van der Waals surface area contributed by atoms with Gasteiger partial charge in [-0.15, -0.1) is 0 Å². The van der Waals surface area contributed by atoms with Gasteiger partial charge in [0.05, 0.1) is 29.8 Å². The lowest BCUT2D eigenvalue weighted by Gasteiger charge is -2.36. The van der Waals surface area contributed by atoms with Crippen LogP contribution in [0, 0.1) is 11.8 Å². The molecule has 0 N–H and O–H groups in total. The summed E-state index contributed by atoms with van der Waals surface area (Å²) in [5.41, 5.74) is 0.163. The van der Waals surface area contributed by atoms with E-state index in [1.165, 1.54) is 12.4 Å². The van der Waals surface area contributed by atoms with Crippen LogP contribution in [0.25, 0.3) is 11.2 Å².